The van der Waals surface area contributed by atoms with Crippen LogP contribution in [0.2, 0.25) is 0 Å². The van der Waals surface area contributed by atoms with Gasteiger partial charge in [-0.3, -0.25) is 0 Å². The second kappa shape index (κ2) is 8.87. The SMILES string of the molecule is CCCCCCC(C)CC(C)CCl. The summed E-state index contributed by atoms with van der Waals surface area (Å²) in [6, 6.07) is 0. The van der Waals surface area contributed by atoms with Crippen molar-refractivity contribution >= 4 is 11.6 Å². The first-order chi connectivity index (χ1) is 6.20. The average Bonchev–Trinajstić information content (AvgIpc) is 2.12. The maximum absolute atomic E-state index is 5.78. The Balaban J connectivity index is 3.24. The minimum absolute atomic E-state index is 0.697. The highest BCUT2D eigenvalue weighted by atomic mass is 35.5. The molecule has 0 fully saturated rings. The van der Waals surface area contributed by atoms with Crippen molar-refractivity contribution in [2.45, 2.75) is 59.3 Å². The second-order valence-corrected chi connectivity index (χ2v) is 4.76. The van der Waals surface area contributed by atoms with Crippen molar-refractivity contribution in [3.63, 3.8) is 0 Å². The van der Waals surface area contributed by atoms with Gasteiger partial charge in [0.1, 0.15) is 0 Å². The van der Waals surface area contributed by atoms with Gasteiger partial charge in [-0.1, -0.05) is 52.9 Å². The van der Waals surface area contributed by atoms with E-state index in [2.05, 4.69) is 20.8 Å². The Labute approximate surface area is 89.1 Å². The van der Waals surface area contributed by atoms with E-state index in [1.165, 1.54) is 38.5 Å². The lowest BCUT2D eigenvalue weighted by molar-refractivity contribution is 0.401. The summed E-state index contributed by atoms with van der Waals surface area (Å²) in [7, 11) is 0. The summed E-state index contributed by atoms with van der Waals surface area (Å²) in [6.45, 7) is 6.86. The minimum Gasteiger partial charge on any atom is -0.126 e. The van der Waals surface area contributed by atoms with Crippen LogP contribution in [-0.2, 0) is 0 Å². The van der Waals surface area contributed by atoms with Gasteiger partial charge in [0, 0.05) is 5.88 Å². The van der Waals surface area contributed by atoms with Gasteiger partial charge in [0.15, 0.2) is 0 Å². The second-order valence-electron chi connectivity index (χ2n) is 4.45. The van der Waals surface area contributed by atoms with Crippen LogP contribution < -0.4 is 0 Å². The molecule has 80 valence electrons. The van der Waals surface area contributed by atoms with E-state index in [1.807, 2.05) is 0 Å². The molecule has 0 heterocycles. The molecule has 0 bridgehead atoms. The van der Waals surface area contributed by atoms with E-state index in [-0.39, 0.29) is 0 Å². The van der Waals surface area contributed by atoms with Crippen LogP contribution in [0.3, 0.4) is 0 Å². The van der Waals surface area contributed by atoms with E-state index in [0.717, 1.165) is 11.8 Å². The lowest BCUT2D eigenvalue weighted by Crippen LogP contribution is -2.04. The number of halogens is 1. The molecule has 0 aromatic carbocycles. The molecule has 0 saturated carbocycles. The largest absolute Gasteiger partial charge is 0.126 e. The van der Waals surface area contributed by atoms with Crippen LogP contribution in [-0.4, -0.2) is 5.88 Å². The molecule has 0 radical (unpaired) electrons. The zero-order valence-corrected chi connectivity index (χ0v) is 10.2. The smallest absolute Gasteiger partial charge is 0.0249 e. The molecule has 0 spiro atoms. The maximum Gasteiger partial charge on any atom is 0.0249 e. The van der Waals surface area contributed by atoms with Crippen molar-refractivity contribution in [3.05, 3.63) is 0 Å². The summed E-state index contributed by atoms with van der Waals surface area (Å²) in [6.07, 6.45) is 8.25. The standard InChI is InChI=1S/C12H25Cl/c1-4-5-6-7-8-11(2)9-12(3)10-13/h11-12H,4-10H2,1-3H3. The molecule has 0 rings (SSSR count). The Bertz CT molecular complexity index is 101. The summed E-state index contributed by atoms with van der Waals surface area (Å²) < 4.78 is 0. The zero-order valence-electron chi connectivity index (χ0n) is 9.48. The Morgan fingerprint density at radius 3 is 2.23 bits per heavy atom. The van der Waals surface area contributed by atoms with E-state index < -0.39 is 0 Å². The third-order valence-electron chi connectivity index (χ3n) is 2.62. The average molecular weight is 205 g/mol. The normalized spacial score (nSPS) is 15.7. The molecule has 0 amide bonds. The molecule has 0 nitrogen and oxygen atoms in total. The third kappa shape index (κ3) is 8.62. The Kier molecular flexibility index (Phi) is 9.07. The van der Waals surface area contributed by atoms with Gasteiger partial charge in [-0.15, -0.1) is 11.6 Å². The Morgan fingerprint density at radius 2 is 1.69 bits per heavy atom. The molecule has 0 aliphatic carbocycles. The van der Waals surface area contributed by atoms with Gasteiger partial charge in [-0.25, -0.2) is 0 Å². The van der Waals surface area contributed by atoms with E-state index in [4.69, 9.17) is 11.6 Å². The Hall–Kier alpha value is 0.290. The number of hydrogen-bond donors (Lipinski definition) is 0. The van der Waals surface area contributed by atoms with E-state index in [0.29, 0.717) is 5.92 Å². The molecule has 1 heteroatoms. The van der Waals surface area contributed by atoms with E-state index >= 15 is 0 Å². The van der Waals surface area contributed by atoms with Gasteiger partial charge in [-0.05, 0) is 18.3 Å². The van der Waals surface area contributed by atoms with E-state index in [1.54, 1.807) is 0 Å². The van der Waals surface area contributed by atoms with Gasteiger partial charge < -0.3 is 0 Å². The van der Waals surface area contributed by atoms with E-state index in [9.17, 15) is 0 Å². The van der Waals surface area contributed by atoms with Crippen LogP contribution in [0.5, 0.6) is 0 Å². The van der Waals surface area contributed by atoms with Gasteiger partial charge in [-0.2, -0.15) is 0 Å². The van der Waals surface area contributed by atoms with Gasteiger partial charge in [0.25, 0.3) is 0 Å². The predicted molar refractivity (Wildman–Crippen MR) is 62.4 cm³/mol. The molecule has 2 atom stereocenters. The maximum atomic E-state index is 5.78. The lowest BCUT2D eigenvalue weighted by Gasteiger charge is -2.14. The fourth-order valence-corrected chi connectivity index (χ4v) is 1.91. The summed E-state index contributed by atoms with van der Waals surface area (Å²) in [4.78, 5) is 0. The molecule has 0 aliphatic heterocycles. The molecular formula is C12H25Cl. The number of alkyl halides is 1. The van der Waals surface area contributed by atoms with Crippen LogP contribution in [0.1, 0.15) is 59.3 Å². The monoisotopic (exact) mass is 204 g/mol. The van der Waals surface area contributed by atoms with Crippen LogP contribution in [0.4, 0.5) is 0 Å². The zero-order chi connectivity index (χ0) is 10.1. The van der Waals surface area contributed by atoms with Crippen LogP contribution >= 0.6 is 11.6 Å². The topological polar surface area (TPSA) is 0 Å². The van der Waals surface area contributed by atoms with Crippen molar-refractivity contribution in [1.82, 2.24) is 0 Å². The summed E-state index contributed by atoms with van der Waals surface area (Å²) in [5.74, 6) is 2.38. The van der Waals surface area contributed by atoms with Gasteiger partial charge in [0.2, 0.25) is 0 Å². The minimum atomic E-state index is 0.697. The molecule has 13 heavy (non-hydrogen) atoms. The Morgan fingerprint density at radius 1 is 1.00 bits per heavy atom. The van der Waals surface area contributed by atoms with Crippen molar-refractivity contribution < 1.29 is 0 Å². The fraction of sp³-hybridized carbons (Fsp3) is 1.00. The van der Waals surface area contributed by atoms with Crippen molar-refractivity contribution in [3.8, 4) is 0 Å². The van der Waals surface area contributed by atoms with Crippen molar-refractivity contribution in [2.75, 3.05) is 5.88 Å². The fourth-order valence-electron chi connectivity index (χ4n) is 1.79. The molecule has 0 N–H and O–H groups in total. The van der Waals surface area contributed by atoms with Gasteiger partial charge >= 0.3 is 0 Å². The molecule has 2 unspecified atom stereocenters. The highest BCUT2D eigenvalue weighted by Gasteiger charge is 2.07. The van der Waals surface area contributed by atoms with Gasteiger partial charge in [0.05, 0.1) is 0 Å². The molecule has 0 aromatic heterocycles. The number of unbranched alkanes of at least 4 members (excludes halogenated alkanes) is 3. The highest BCUT2D eigenvalue weighted by molar-refractivity contribution is 6.18. The molecule has 0 aromatic rings. The predicted octanol–water partition coefficient (Wildman–Crippen LogP) is 4.86. The molecule has 0 saturated heterocycles. The van der Waals surface area contributed by atoms with Crippen LogP contribution in [0.25, 0.3) is 0 Å². The first-order valence-electron chi connectivity index (χ1n) is 5.76. The highest BCUT2D eigenvalue weighted by Crippen LogP contribution is 2.19. The summed E-state index contributed by atoms with van der Waals surface area (Å²) in [5.41, 5.74) is 0. The number of rotatable bonds is 8. The molecular weight excluding hydrogens is 180 g/mol. The first-order valence-corrected chi connectivity index (χ1v) is 6.30. The summed E-state index contributed by atoms with van der Waals surface area (Å²) >= 11 is 5.78. The first kappa shape index (κ1) is 13.3. The summed E-state index contributed by atoms with van der Waals surface area (Å²) in [5, 5.41) is 0. The number of hydrogen-bond acceptors (Lipinski definition) is 0. The van der Waals surface area contributed by atoms with Crippen molar-refractivity contribution in [1.29, 1.82) is 0 Å². The molecule has 0 aliphatic rings. The van der Waals surface area contributed by atoms with Crippen molar-refractivity contribution in [2.24, 2.45) is 11.8 Å². The lowest BCUT2D eigenvalue weighted by atomic mass is 9.93. The van der Waals surface area contributed by atoms with Crippen LogP contribution in [0, 0.1) is 11.8 Å². The third-order valence-corrected chi connectivity index (χ3v) is 3.15. The van der Waals surface area contributed by atoms with Crippen LogP contribution in [0.15, 0.2) is 0 Å². The quantitative estimate of drug-likeness (QED) is 0.392.